The number of fused-ring (bicyclic) bond motifs is 1. The van der Waals surface area contributed by atoms with Gasteiger partial charge in [-0.2, -0.15) is 0 Å². The number of nitrogens with one attached hydrogen (secondary N) is 2. The van der Waals surface area contributed by atoms with E-state index in [1.54, 1.807) is 17.3 Å². The van der Waals surface area contributed by atoms with Crippen molar-refractivity contribution in [2.75, 3.05) is 38.0 Å². The van der Waals surface area contributed by atoms with Crippen molar-refractivity contribution in [1.29, 1.82) is 0 Å². The van der Waals surface area contributed by atoms with Crippen LogP contribution >= 0.6 is 24.8 Å². The number of rotatable bonds is 7. The molecule has 162 valence electrons. The van der Waals surface area contributed by atoms with Gasteiger partial charge in [-0.05, 0) is 31.4 Å². The lowest BCUT2D eigenvalue weighted by Gasteiger charge is -2.27. The Kier molecular flexibility index (Phi) is 7.73. The molecule has 0 aliphatic carbocycles. The van der Waals surface area contributed by atoms with Gasteiger partial charge in [-0.1, -0.05) is 0 Å². The summed E-state index contributed by atoms with van der Waals surface area (Å²) in [6.07, 6.45) is 5.08. The van der Waals surface area contributed by atoms with Gasteiger partial charge in [-0.15, -0.1) is 24.8 Å². The highest BCUT2D eigenvalue weighted by molar-refractivity contribution is 5.92. The summed E-state index contributed by atoms with van der Waals surface area (Å²) >= 11 is 0. The van der Waals surface area contributed by atoms with Crippen LogP contribution in [0.3, 0.4) is 0 Å². The van der Waals surface area contributed by atoms with Gasteiger partial charge in [-0.25, -0.2) is 0 Å². The number of nitrogens with zero attached hydrogens (tertiary/aromatic N) is 2. The van der Waals surface area contributed by atoms with Gasteiger partial charge in [0.15, 0.2) is 0 Å². The van der Waals surface area contributed by atoms with Gasteiger partial charge >= 0.3 is 0 Å². The molecular weight excluding hydrogens is 417 g/mol. The van der Waals surface area contributed by atoms with Gasteiger partial charge in [0.25, 0.3) is 0 Å². The zero-order chi connectivity index (χ0) is 19.0. The number of halogens is 2. The highest BCUT2D eigenvalue weighted by atomic mass is 35.5. The van der Waals surface area contributed by atoms with Crippen LogP contribution in [0.25, 0.3) is 0 Å². The Hall–Kier alpha value is -1.61. The SMILES string of the molecule is Cc1cnccc1NCCNC(=O)[C@H]1[C@@H]2CC[C@@]3(CN(CCN)C(=O)[C@@H]13)O2.Cl.Cl. The molecule has 3 aliphatic rings. The number of hydrogen-bond donors (Lipinski definition) is 3. The minimum Gasteiger partial charge on any atom is -0.383 e. The zero-order valence-electron chi connectivity index (χ0n) is 16.4. The third-order valence-corrected chi connectivity index (χ3v) is 6.06. The van der Waals surface area contributed by atoms with Crippen molar-refractivity contribution in [3.8, 4) is 0 Å². The van der Waals surface area contributed by atoms with Crippen molar-refractivity contribution in [3.63, 3.8) is 0 Å². The number of carbonyl (C=O) groups is 2. The average Bonchev–Trinajstić information content (AvgIpc) is 3.29. The number of ether oxygens (including phenoxy) is 1. The quantitative estimate of drug-likeness (QED) is 0.533. The second-order valence-corrected chi connectivity index (χ2v) is 7.72. The molecule has 4 rings (SSSR count). The number of aromatic nitrogens is 1. The fourth-order valence-corrected chi connectivity index (χ4v) is 4.86. The van der Waals surface area contributed by atoms with Crippen LogP contribution in [0.2, 0.25) is 0 Å². The minimum atomic E-state index is -0.481. The van der Waals surface area contributed by atoms with Gasteiger partial charge in [0.1, 0.15) is 0 Å². The lowest BCUT2D eigenvalue weighted by atomic mass is 9.73. The van der Waals surface area contributed by atoms with Crippen LogP contribution in [0.1, 0.15) is 18.4 Å². The number of likely N-dealkylation sites (tertiary alicyclic amines) is 1. The molecule has 4 N–H and O–H groups in total. The first-order valence-corrected chi connectivity index (χ1v) is 9.64. The predicted octanol–water partition coefficient (Wildman–Crippen LogP) is 0.726. The van der Waals surface area contributed by atoms with E-state index < -0.39 is 11.5 Å². The molecule has 3 saturated heterocycles. The summed E-state index contributed by atoms with van der Waals surface area (Å²) in [5, 5.41) is 6.28. The Morgan fingerprint density at radius 1 is 1.41 bits per heavy atom. The maximum Gasteiger partial charge on any atom is 0.229 e. The molecule has 4 heterocycles. The van der Waals surface area contributed by atoms with Crippen LogP contribution in [0.5, 0.6) is 0 Å². The molecule has 1 aromatic rings. The highest BCUT2D eigenvalue weighted by Gasteiger charge is 2.68. The summed E-state index contributed by atoms with van der Waals surface area (Å²) in [6, 6.07) is 1.91. The highest BCUT2D eigenvalue weighted by Crippen LogP contribution is 2.55. The van der Waals surface area contributed by atoms with Crippen molar-refractivity contribution in [1.82, 2.24) is 15.2 Å². The molecule has 0 aromatic carbocycles. The molecule has 2 bridgehead atoms. The summed E-state index contributed by atoms with van der Waals surface area (Å²) in [5.74, 6) is -0.814. The second kappa shape index (κ2) is 9.47. The number of nitrogens with two attached hydrogens (primary N) is 1. The largest absolute Gasteiger partial charge is 0.383 e. The van der Waals surface area contributed by atoms with Gasteiger partial charge in [-0.3, -0.25) is 14.6 Å². The molecule has 3 fully saturated rings. The van der Waals surface area contributed by atoms with Crippen LogP contribution in [0.4, 0.5) is 5.69 Å². The van der Waals surface area contributed by atoms with Gasteiger partial charge in [0, 0.05) is 44.3 Å². The number of pyridine rings is 1. The number of amides is 2. The van der Waals surface area contributed by atoms with Crippen molar-refractivity contribution in [3.05, 3.63) is 24.0 Å². The maximum absolute atomic E-state index is 12.8. The van der Waals surface area contributed by atoms with Crippen LogP contribution in [-0.4, -0.2) is 66.1 Å². The number of carbonyl (C=O) groups excluding carboxylic acids is 2. The van der Waals surface area contributed by atoms with E-state index in [1.807, 2.05) is 13.0 Å². The van der Waals surface area contributed by atoms with Crippen LogP contribution in [0.15, 0.2) is 18.5 Å². The summed E-state index contributed by atoms with van der Waals surface area (Å²) in [4.78, 5) is 31.5. The first kappa shape index (κ1) is 23.7. The van der Waals surface area contributed by atoms with E-state index in [-0.39, 0.29) is 48.7 Å². The molecule has 0 saturated carbocycles. The van der Waals surface area contributed by atoms with Crippen molar-refractivity contribution >= 4 is 42.3 Å². The molecule has 0 radical (unpaired) electrons. The number of hydrogen-bond acceptors (Lipinski definition) is 6. The predicted molar refractivity (Wildman–Crippen MR) is 114 cm³/mol. The van der Waals surface area contributed by atoms with E-state index in [0.717, 1.165) is 24.1 Å². The average molecular weight is 446 g/mol. The van der Waals surface area contributed by atoms with Crippen LogP contribution < -0.4 is 16.4 Å². The summed E-state index contributed by atoms with van der Waals surface area (Å²) in [6.45, 7) is 4.60. The lowest BCUT2D eigenvalue weighted by Crippen LogP contribution is -2.46. The molecular formula is C19H29Cl2N5O3. The Balaban J connectivity index is 0.00000150. The van der Waals surface area contributed by atoms with Crippen molar-refractivity contribution < 1.29 is 14.3 Å². The fraction of sp³-hybridized carbons (Fsp3) is 0.632. The van der Waals surface area contributed by atoms with Crippen molar-refractivity contribution in [2.45, 2.75) is 31.5 Å². The van der Waals surface area contributed by atoms with Gasteiger partial charge < -0.3 is 26.0 Å². The first-order chi connectivity index (χ1) is 13.1. The first-order valence-electron chi connectivity index (χ1n) is 9.64. The maximum atomic E-state index is 12.8. The molecule has 8 nitrogen and oxygen atoms in total. The third-order valence-electron chi connectivity index (χ3n) is 6.06. The Labute approximate surface area is 183 Å². The monoisotopic (exact) mass is 445 g/mol. The van der Waals surface area contributed by atoms with Crippen molar-refractivity contribution in [2.24, 2.45) is 17.6 Å². The number of aryl methyl sites for hydroxylation is 1. The van der Waals surface area contributed by atoms with E-state index in [4.69, 9.17) is 10.5 Å². The summed E-state index contributed by atoms with van der Waals surface area (Å²) in [5.41, 5.74) is 7.21. The molecule has 0 unspecified atom stereocenters. The van der Waals surface area contributed by atoms with E-state index in [0.29, 0.717) is 32.7 Å². The Morgan fingerprint density at radius 3 is 2.93 bits per heavy atom. The van der Waals surface area contributed by atoms with E-state index >= 15 is 0 Å². The topological polar surface area (TPSA) is 110 Å². The van der Waals surface area contributed by atoms with E-state index in [2.05, 4.69) is 15.6 Å². The zero-order valence-corrected chi connectivity index (χ0v) is 18.1. The van der Waals surface area contributed by atoms with Gasteiger partial charge in [0.2, 0.25) is 11.8 Å². The molecule has 3 aliphatic heterocycles. The van der Waals surface area contributed by atoms with Crippen LogP contribution in [-0.2, 0) is 14.3 Å². The van der Waals surface area contributed by atoms with E-state index in [1.165, 1.54) is 0 Å². The second-order valence-electron chi connectivity index (χ2n) is 7.72. The third kappa shape index (κ3) is 4.17. The Morgan fingerprint density at radius 2 is 2.21 bits per heavy atom. The standard InChI is InChI=1S/C19H27N5O3.2ClH/c1-12-10-21-6-3-13(12)22-7-8-23-17(25)15-14-2-4-19(27-14)11-24(9-5-20)18(26)16(15)19;;/h3,6,10,14-16H,2,4-5,7-9,11,20H2,1H3,(H,21,22)(H,23,25);2*1H/t14-,15-,16+,19-;;/m0../s1. The molecule has 10 heteroatoms. The lowest BCUT2D eigenvalue weighted by molar-refractivity contribution is -0.138. The number of anilines is 1. The molecule has 1 aromatic heterocycles. The molecule has 1 spiro atoms. The summed E-state index contributed by atoms with van der Waals surface area (Å²) in [7, 11) is 0. The summed E-state index contributed by atoms with van der Waals surface area (Å²) < 4.78 is 6.17. The normalized spacial score (nSPS) is 29.1. The molecule has 29 heavy (non-hydrogen) atoms. The fourth-order valence-electron chi connectivity index (χ4n) is 4.86. The van der Waals surface area contributed by atoms with Gasteiger partial charge in [0.05, 0.1) is 30.1 Å². The van der Waals surface area contributed by atoms with E-state index in [9.17, 15) is 9.59 Å². The smallest absolute Gasteiger partial charge is 0.229 e. The molecule has 2 amide bonds. The molecule has 4 atom stereocenters. The van der Waals surface area contributed by atoms with Crippen LogP contribution in [0, 0.1) is 18.8 Å². The minimum absolute atomic E-state index is 0. The Bertz CT molecular complexity index is 752.